The Hall–Kier alpha value is -1.75. The molecule has 0 saturated carbocycles. The van der Waals surface area contributed by atoms with E-state index in [1.807, 2.05) is 6.07 Å². The molecule has 19 heavy (non-hydrogen) atoms. The average Bonchev–Trinajstić information content (AvgIpc) is 2.45. The van der Waals surface area contributed by atoms with Gasteiger partial charge < -0.3 is 21.1 Å². The molecular formula is C14H21N3O2. The average molecular weight is 263 g/mol. The fourth-order valence-corrected chi connectivity index (χ4v) is 2.21. The van der Waals surface area contributed by atoms with Crippen molar-refractivity contribution in [1.29, 1.82) is 0 Å². The zero-order valence-corrected chi connectivity index (χ0v) is 11.0. The van der Waals surface area contributed by atoms with Crippen molar-refractivity contribution in [1.82, 2.24) is 16.0 Å². The Labute approximate surface area is 113 Å². The minimum atomic E-state index is -0.198. The minimum absolute atomic E-state index is 0.198. The van der Waals surface area contributed by atoms with Gasteiger partial charge in [0.2, 0.25) is 0 Å². The first-order valence-corrected chi connectivity index (χ1v) is 6.77. The lowest BCUT2D eigenvalue weighted by molar-refractivity contribution is 0.238. The third-order valence-corrected chi connectivity index (χ3v) is 3.35. The lowest BCUT2D eigenvalue weighted by Crippen LogP contribution is -2.46. The van der Waals surface area contributed by atoms with Crippen LogP contribution in [0.4, 0.5) is 4.79 Å². The first-order chi connectivity index (χ1) is 9.25. The van der Waals surface area contributed by atoms with Gasteiger partial charge in [0.25, 0.3) is 0 Å². The number of aromatic hydroxyl groups is 1. The van der Waals surface area contributed by atoms with Gasteiger partial charge in [-0.15, -0.1) is 0 Å². The van der Waals surface area contributed by atoms with Gasteiger partial charge in [-0.1, -0.05) is 24.6 Å². The fourth-order valence-electron chi connectivity index (χ4n) is 2.21. The standard InChI is InChI=1S/C14H21N3O2/c18-13-7-2-1-5-11(13)9-16-14(19)17-10-12-6-3-4-8-15-12/h1-2,5,7,12,15,18H,3-4,6,8-10H2,(H2,16,17,19). The third-order valence-electron chi connectivity index (χ3n) is 3.35. The van der Waals surface area contributed by atoms with Gasteiger partial charge in [0.1, 0.15) is 5.75 Å². The van der Waals surface area contributed by atoms with Gasteiger partial charge in [-0.3, -0.25) is 0 Å². The molecule has 1 aromatic carbocycles. The highest BCUT2D eigenvalue weighted by Crippen LogP contribution is 2.14. The number of hydrogen-bond acceptors (Lipinski definition) is 3. The van der Waals surface area contributed by atoms with E-state index >= 15 is 0 Å². The SMILES string of the molecule is O=C(NCc1ccccc1O)NCC1CCCCN1. The summed E-state index contributed by atoms with van der Waals surface area (Å²) in [5.74, 6) is 0.205. The molecule has 1 atom stereocenters. The number of hydrogen-bond donors (Lipinski definition) is 4. The molecule has 104 valence electrons. The number of amides is 2. The monoisotopic (exact) mass is 263 g/mol. The van der Waals surface area contributed by atoms with Gasteiger partial charge in [0.15, 0.2) is 0 Å². The summed E-state index contributed by atoms with van der Waals surface area (Å²) in [6.07, 6.45) is 3.55. The van der Waals surface area contributed by atoms with Gasteiger partial charge in [-0.05, 0) is 25.5 Å². The number of rotatable bonds is 4. The van der Waals surface area contributed by atoms with E-state index in [0.29, 0.717) is 24.7 Å². The quantitative estimate of drug-likeness (QED) is 0.662. The van der Waals surface area contributed by atoms with E-state index in [0.717, 1.165) is 13.0 Å². The van der Waals surface area contributed by atoms with Crippen molar-refractivity contribution in [2.75, 3.05) is 13.1 Å². The number of phenols is 1. The van der Waals surface area contributed by atoms with E-state index in [4.69, 9.17) is 0 Å². The zero-order chi connectivity index (χ0) is 13.5. The van der Waals surface area contributed by atoms with Gasteiger partial charge in [-0.25, -0.2) is 4.79 Å². The van der Waals surface area contributed by atoms with Crippen LogP contribution in [0.3, 0.4) is 0 Å². The first-order valence-electron chi connectivity index (χ1n) is 6.77. The van der Waals surface area contributed by atoms with Crippen molar-refractivity contribution in [3.8, 4) is 5.75 Å². The Balaban J connectivity index is 1.68. The third kappa shape index (κ3) is 4.44. The molecule has 0 radical (unpaired) electrons. The van der Waals surface area contributed by atoms with Crippen LogP contribution in [0.2, 0.25) is 0 Å². The first kappa shape index (κ1) is 13.7. The number of urea groups is 1. The molecule has 4 N–H and O–H groups in total. The molecule has 0 spiro atoms. The molecule has 0 bridgehead atoms. The maximum absolute atomic E-state index is 11.6. The molecule has 2 rings (SSSR count). The molecule has 1 aromatic rings. The summed E-state index contributed by atoms with van der Waals surface area (Å²) in [6, 6.07) is 7.17. The van der Waals surface area contributed by atoms with Crippen LogP contribution >= 0.6 is 0 Å². The lowest BCUT2D eigenvalue weighted by atomic mass is 10.1. The number of para-hydroxylation sites is 1. The summed E-state index contributed by atoms with van der Waals surface area (Å²) in [5, 5.41) is 18.5. The number of phenolic OH excluding ortho intramolecular Hbond substituents is 1. The molecule has 1 saturated heterocycles. The van der Waals surface area contributed by atoms with E-state index < -0.39 is 0 Å². The Morgan fingerprint density at radius 3 is 2.89 bits per heavy atom. The highest BCUT2D eigenvalue weighted by Gasteiger charge is 2.13. The summed E-state index contributed by atoms with van der Waals surface area (Å²) in [7, 11) is 0. The van der Waals surface area contributed by atoms with Crippen LogP contribution in [-0.2, 0) is 6.54 Å². The highest BCUT2D eigenvalue weighted by atomic mass is 16.3. The minimum Gasteiger partial charge on any atom is -0.508 e. The van der Waals surface area contributed by atoms with Crippen LogP contribution in [-0.4, -0.2) is 30.3 Å². The van der Waals surface area contributed by atoms with Crippen molar-refractivity contribution in [3.63, 3.8) is 0 Å². The van der Waals surface area contributed by atoms with Crippen LogP contribution in [0.1, 0.15) is 24.8 Å². The number of carbonyl (C=O) groups excluding carboxylic acids is 1. The molecule has 5 nitrogen and oxygen atoms in total. The second-order valence-corrected chi connectivity index (χ2v) is 4.84. The molecular weight excluding hydrogens is 242 g/mol. The van der Waals surface area contributed by atoms with Crippen LogP contribution in [0.15, 0.2) is 24.3 Å². The van der Waals surface area contributed by atoms with Gasteiger partial charge >= 0.3 is 6.03 Å². The van der Waals surface area contributed by atoms with E-state index in [-0.39, 0.29) is 11.8 Å². The van der Waals surface area contributed by atoms with Crippen LogP contribution < -0.4 is 16.0 Å². The van der Waals surface area contributed by atoms with Crippen molar-refractivity contribution < 1.29 is 9.90 Å². The summed E-state index contributed by atoms with van der Waals surface area (Å²) < 4.78 is 0. The topological polar surface area (TPSA) is 73.4 Å². The lowest BCUT2D eigenvalue weighted by Gasteiger charge is -2.23. The summed E-state index contributed by atoms with van der Waals surface area (Å²) in [5.41, 5.74) is 0.716. The highest BCUT2D eigenvalue weighted by molar-refractivity contribution is 5.73. The molecule has 1 aliphatic rings. The van der Waals surface area contributed by atoms with Crippen molar-refractivity contribution in [2.24, 2.45) is 0 Å². The summed E-state index contributed by atoms with van der Waals surface area (Å²) in [4.78, 5) is 11.6. The van der Waals surface area contributed by atoms with Gasteiger partial charge in [-0.2, -0.15) is 0 Å². The fraction of sp³-hybridized carbons (Fsp3) is 0.500. The predicted molar refractivity (Wildman–Crippen MR) is 74.0 cm³/mol. The smallest absolute Gasteiger partial charge is 0.315 e. The van der Waals surface area contributed by atoms with E-state index in [1.54, 1.807) is 18.2 Å². The molecule has 1 fully saturated rings. The summed E-state index contributed by atoms with van der Waals surface area (Å²) in [6.45, 7) is 2.01. The summed E-state index contributed by atoms with van der Waals surface area (Å²) >= 11 is 0. The Kier molecular flexibility index (Phi) is 5.03. The Morgan fingerprint density at radius 2 is 2.16 bits per heavy atom. The predicted octanol–water partition coefficient (Wildman–Crippen LogP) is 1.33. The number of nitrogens with one attached hydrogen (secondary N) is 3. The largest absolute Gasteiger partial charge is 0.508 e. The normalized spacial score (nSPS) is 18.8. The molecule has 1 unspecified atom stereocenters. The second kappa shape index (κ2) is 6.99. The molecule has 5 heteroatoms. The molecule has 1 heterocycles. The number of benzene rings is 1. The molecule has 0 aliphatic carbocycles. The number of piperidine rings is 1. The molecule has 0 aromatic heterocycles. The van der Waals surface area contributed by atoms with Crippen LogP contribution in [0.25, 0.3) is 0 Å². The molecule has 2 amide bonds. The number of carbonyl (C=O) groups is 1. The van der Waals surface area contributed by atoms with Crippen LogP contribution in [0, 0.1) is 0 Å². The van der Waals surface area contributed by atoms with E-state index in [1.165, 1.54) is 12.8 Å². The zero-order valence-electron chi connectivity index (χ0n) is 11.0. The Morgan fingerprint density at radius 1 is 1.32 bits per heavy atom. The van der Waals surface area contributed by atoms with Crippen molar-refractivity contribution in [2.45, 2.75) is 31.8 Å². The van der Waals surface area contributed by atoms with Crippen LogP contribution in [0.5, 0.6) is 5.75 Å². The van der Waals surface area contributed by atoms with E-state index in [9.17, 15) is 9.90 Å². The van der Waals surface area contributed by atoms with E-state index in [2.05, 4.69) is 16.0 Å². The van der Waals surface area contributed by atoms with Gasteiger partial charge in [0.05, 0.1) is 0 Å². The maximum atomic E-state index is 11.6. The second-order valence-electron chi connectivity index (χ2n) is 4.84. The maximum Gasteiger partial charge on any atom is 0.315 e. The van der Waals surface area contributed by atoms with Crippen molar-refractivity contribution >= 4 is 6.03 Å². The van der Waals surface area contributed by atoms with Gasteiger partial charge in [0, 0.05) is 24.7 Å². The Bertz CT molecular complexity index is 417. The van der Waals surface area contributed by atoms with Crippen molar-refractivity contribution in [3.05, 3.63) is 29.8 Å². The molecule has 1 aliphatic heterocycles.